The van der Waals surface area contributed by atoms with Gasteiger partial charge in [0.1, 0.15) is 11.5 Å². The minimum atomic E-state index is -3.25. The van der Waals surface area contributed by atoms with Crippen LogP contribution in [0.25, 0.3) is 5.52 Å². The number of carbonyl (C=O) groups is 1. The second-order valence-electron chi connectivity index (χ2n) is 7.37. The van der Waals surface area contributed by atoms with Gasteiger partial charge >= 0.3 is 0 Å². The molecule has 1 unspecified atom stereocenters. The second kappa shape index (κ2) is 8.28. The monoisotopic (exact) mass is 466 g/mol. The van der Waals surface area contributed by atoms with E-state index in [0.717, 1.165) is 19.2 Å². The summed E-state index contributed by atoms with van der Waals surface area (Å²) < 4.78 is 27.5. The maximum absolute atomic E-state index is 13.2. The van der Waals surface area contributed by atoms with Crippen molar-refractivity contribution in [3.63, 3.8) is 0 Å². The Morgan fingerprint density at radius 2 is 2.03 bits per heavy atom. The Hall–Kier alpha value is -1.97. The molecular formula is C20H20Cl2N4O3S. The number of likely N-dealkylation sites (tertiary alicyclic amines) is 1. The standard InChI is InChI=1S/C20H20Cl2N4O3S/c1-30(28,29)24-13-8-10-25(11-13)12-17-23-19(16-7-2-3-9-26(16)17)20(27)14-5-4-6-15(21)18(14)22/h2-7,9,13,24H,8,10-12H2,1H3. The molecule has 0 spiro atoms. The van der Waals surface area contributed by atoms with Crippen molar-refractivity contribution in [1.29, 1.82) is 0 Å². The Kier molecular flexibility index (Phi) is 5.87. The van der Waals surface area contributed by atoms with Crippen molar-refractivity contribution in [2.75, 3.05) is 19.3 Å². The average Bonchev–Trinajstić information content (AvgIpc) is 3.27. The van der Waals surface area contributed by atoms with Crippen LogP contribution in [0.3, 0.4) is 0 Å². The highest BCUT2D eigenvalue weighted by Gasteiger charge is 2.27. The Balaban J connectivity index is 1.63. The Morgan fingerprint density at radius 3 is 2.80 bits per heavy atom. The largest absolute Gasteiger partial charge is 0.302 e. The third-order valence-electron chi connectivity index (χ3n) is 5.05. The smallest absolute Gasteiger partial charge is 0.215 e. The topological polar surface area (TPSA) is 83.8 Å². The van der Waals surface area contributed by atoms with Crippen LogP contribution in [0.2, 0.25) is 10.0 Å². The van der Waals surface area contributed by atoms with Gasteiger partial charge in [0.2, 0.25) is 15.8 Å². The fourth-order valence-electron chi connectivity index (χ4n) is 3.76. The molecule has 4 rings (SSSR count). The molecule has 2 aromatic heterocycles. The fraction of sp³-hybridized carbons (Fsp3) is 0.300. The summed E-state index contributed by atoms with van der Waals surface area (Å²) in [5, 5.41) is 0.518. The fourth-order valence-corrected chi connectivity index (χ4v) is 4.95. The van der Waals surface area contributed by atoms with E-state index in [1.807, 2.05) is 28.8 Å². The summed E-state index contributed by atoms with van der Waals surface area (Å²) in [4.78, 5) is 19.9. The summed E-state index contributed by atoms with van der Waals surface area (Å²) in [6.07, 6.45) is 3.74. The highest BCUT2D eigenvalue weighted by atomic mass is 35.5. The predicted octanol–water partition coefficient (Wildman–Crippen LogP) is 3.00. The van der Waals surface area contributed by atoms with Crippen LogP contribution in [-0.4, -0.2) is 53.9 Å². The number of carbonyl (C=O) groups excluding carboxylic acids is 1. The van der Waals surface area contributed by atoms with Crippen molar-refractivity contribution in [2.45, 2.75) is 19.0 Å². The quantitative estimate of drug-likeness (QED) is 0.564. The van der Waals surface area contributed by atoms with Crippen molar-refractivity contribution in [1.82, 2.24) is 19.0 Å². The lowest BCUT2D eigenvalue weighted by molar-refractivity contribution is 0.103. The van der Waals surface area contributed by atoms with Crippen LogP contribution in [0.5, 0.6) is 0 Å². The Morgan fingerprint density at radius 1 is 1.23 bits per heavy atom. The van der Waals surface area contributed by atoms with Gasteiger partial charge in [-0.05, 0) is 30.7 Å². The molecule has 1 aromatic carbocycles. The SMILES string of the molecule is CS(=O)(=O)NC1CCN(Cc2nc(C(=O)c3cccc(Cl)c3Cl)c3ccccn23)C1. The van der Waals surface area contributed by atoms with E-state index < -0.39 is 10.0 Å². The van der Waals surface area contributed by atoms with Crippen molar-refractivity contribution < 1.29 is 13.2 Å². The van der Waals surface area contributed by atoms with Crippen molar-refractivity contribution in [2.24, 2.45) is 0 Å². The maximum atomic E-state index is 13.2. The van der Waals surface area contributed by atoms with E-state index >= 15 is 0 Å². The molecule has 1 aliphatic rings. The van der Waals surface area contributed by atoms with E-state index in [0.29, 0.717) is 40.7 Å². The lowest BCUT2D eigenvalue weighted by atomic mass is 10.1. The zero-order valence-electron chi connectivity index (χ0n) is 16.2. The number of hydrogen-bond acceptors (Lipinski definition) is 5. The molecule has 1 N–H and O–H groups in total. The number of imidazole rings is 1. The zero-order valence-corrected chi connectivity index (χ0v) is 18.5. The molecule has 1 atom stereocenters. The number of nitrogens with one attached hydrogen (secondary N) is 1. The van der Waals surface area contributed by atoms with Gasteiger partial charge in [0, 0.05) is 30.9 Å². The van der Waals surface area contributed by atoms with Crippen LogP contribution < -0.4 is 4.72 Å². The van der Waals surface area contributed by atoms with E-state index in [1.54, 1.807) is 18.2 Å². The first-order valence-electron chi connectivity index (χ1n) is 9.37. The molecule has 0 bridgehead atoms. The molecule has 1 fully saturated rings. The first kappa shape index (κ1) is 21.3. The van der Waals surface area contributed by atoms with Gasteiger partial charge in [-0.25, -0.2) is 18.1 Å². The molecule has 0 radical (unpaired) electrons. The summed E-state index contributed by atoms with van der Waals surface area (Å²) in [5.41, 5.74) is 1.29. The van der Waals surface area contributed by atoms with Gasteiger partial charge in [0.05, 0.1) is 28.4 Å². The van der Waals surface area contributed by atoms with Gasteiger partial charge in [-0.3, -0.25) is 9.69 Å². The maximum Gasteiger partial charge on any atom is 0.215 e. The first-order chi connectivity index (χ1) is 14.2. The number of pyridine rings is 1. The van der Waals surface area contributed by atoms with Crippen LogP contribution in [-0.2, 0) is 16.6 Å². The van der Waals surface area contributed by atoms with E-state index in [4.69, 9.17) is 23.2 Å². The van der Waals surface area contributed by atoms with Crippen LogP contribution in [0, 0.1) is 0 Å². The van der Waals surface area contributed by atoms with E-state index in [9.17, 15) is 13.2 Å². The van der Waals surface area contributed by atoms with Gasteiger partial charge in [-0.1, -0.05) is 35.3 Å². The molecule has 0 amide bonds. The minimum absolute atomic E-state index is 0.127. The van der Waals surface area contributed by atoms with Gasteiger partial charge in [-0.2, -0.15) is 0 Å². The number of nitrogens with zero attached hydrogens (tertiary/aromatic N) is 3. The average molecular weight is 467 g/mol. The van der Waals surface area contributed by atoms with Crippen molar-refractivity contribution >= 4 is 44.5 Å². The summed E-state index contributed by atoms with van der Waals surface area (Å²) in [7, 11) is -3.25. The highest BCUT2D eigenvalue weighted by Crippen LogP contribution is 2.28. The third kappa shape index (κ3) is 4.38. The molecule has 3 heterocycles. The zero-order chi connectivity index (χ0) is 21.5. The summed E-state index contributed by atoms with van der Waals surface area (Å²) in [6, 6.07) is 10.4. The van der Waals surface area contributed by atoms with Crippen molar-refractivity contribution in [3.8, 4) is 0 Å². The lowest BCUT2D eigenvalue weighted by Gasteiger charge is -2.15. The molecule has 0 saturated carbocycles. The second-order valence-corrected chi connectivity index (χ2v) is 9.94. The van der Waals surface area contributed by atoms with Gasteiger partial charge in [0.25, 0.3) is 0 Å². The number of benzene rings is 1. The number of fused-ring (bicyclic) bond motifs is 1. The molecule has 3 aromatic rings. The Bertz CT molecular complexity index is 1230. The molecule has 158 valence electrons. The van der Waals surface area contributed by atoms with Gasteiger partial charge in [0.15, 0.2) is 0 Å². The molecule has 30 heavy (non-hydrogen) atoms. The van der Waals surface area contributed by atoms with E-state index in [-0.39, 0.29) is 16.8 Å². The van der Waals surface area contributed by atoms with Crippen LogP contribution in [0.4, 0.5) is 0 Å². The molecule has 1 aliphatic heterocycles. The molecule has 1 saturated heterocycles. The number of hydrogen-bond donors (Lipinski definition) is 1. The highest BCUT2D eigenvalue weighted by molar-refractivity contribution is 7.88. The number of ketones is 1. The molecule has 0 aliphatic carbocycles. The number of rotatable bonds is 6. The van der Waals surface area contributed by atoms with Gasteiger partial charge in [-0.15, -0.1) is 0 Å². The number of sulfonamides is 1. The first-order valence-corrected chi connectivity index (χ1v) is 12.0. The van der Waals surface area contributed by atoms with Gasteiger partial charge < -0.3 is 4.40 Å². The van der Waals surface area contributed by atoms with Crippen LogP contribution in [0.15, 0.2) is 42.6 Å². The van der Waals surface area contributed by atoms with E-state index in [2.05, 4.69) is 14.6 Å². The molecule has 10 heteroatoms. The number of halogens is 2. The predicted molar refractivity (Wildman–Crippen MR) is 117 cm³/mol. The normalized spacial score (nSPS) is 17.6. The number of aromatic nitrogens is 2. The summed E-state index contributed by atoms with van der Waals surface area (Å²) >= 11 is 12.3. The lowest BCUT2D eigenvalue weighted by Crippen LogP contribution is -2.36. The summed E-state index contributed by atoms with van der Waals surface area (Å²) in [6.45, 7) is 1.81. The third-order valence-corrected chi connectivity index (χ3v) is 6.63. The molecule has 7 nitrogen and oxygen atoms in total. The molecular weight excluding hydrogens is 447 g/mol. The van der Waals surface area contributed by atoms with Crippen LogP contribution >= 0.6 is 23.2 Å². The Labute approximate surface area is 184 Å². The van der Waals surface area contributed by atoms with E-state index in [1.165, 1.54) is 0 Å². The van der Waals surface area contributed by atoms with Crippen molar-refractivity contribution in [3.05, 3.63) is 69.7 Å². The summed E-state index contributed by atoms with van der Waals surface area (Å²) in [5.74, 6) is 0.405. The van der Waals surface area contributed by atoms with Crippen LogP contribution in [0.1, 0.15) is 28.3 Å². The minimum Gasteiger partial charge on any atom is -0.302 e.